The predicted molar refractivity (Wildman–Crippen MR) is 124 cm³/mol. The SMILES string of the molecule is COC(=O)C[C@@H](c1ccc([N+](=O)[O-])cc1)[C@@H](NC(=O)[C@H](Cc1ccccc1F)NC(C)=O)C(=O)OC. The van der Waals surface area contributed by atoms with E-state index >= 15 is 0 Å². The summed E-state index contributed by atoms with van der Waals surface area (Å²) >= 11 is 0. The minimum absolute atomic E-state index is 0.155. The van der Waals surface area contributed by atoms with Gasteiger partial charge in [0.15, 0.2) is 0 Å². The summed E-state index contributed by atoms with van der Waals surface area (Å²) < 4.78 is 23.7. The highest BCUT2D eigenvalue weighted by atomic mass is 19.1. The number of non-ortho nitro benzene ring substituents is 1. The Bertz CT molecular complexity index is 1120. The van der Waals surface area contributed by atoms with E-state index in [2.05, 4.69) is 10.6 Å². The van der Waals surface area contributed by atoms with Crippen LogP contribution >= 0.6 is 0 Å². The first kappa shape index (κ1) is 27.9. The van der Waals surface area contributed by atoms with Crippen LogP contribution in [-0.4, -0.2) is 55.0 Å². The molecule has 0 aromatic heterocycles. The van der Waals surface area contributed by atoms with Crippen LogP contribution in [0.5, 0.6) is 0 Å². The summed E-state index contributed by atoms with van der Waals surface area (Å²) in [6.07, 6.45) is -0.600. The zero-order valence-corrected chi connectivity index (χ0v) is 19.9. The van der Waals surface area contributed by atoms with Crippen LogP contribution in [0, 0.1) is 15.9 Å². The Morgan fingerprint density at radius 1 is 1.00 bits per heavy atom. The first-order valence-corrected chi connectivity index (χ1v) is 10.8. The van der Waals surface area contributed by atoms with Crippen LogP contribution in [0.25, 0.3) is 0 Å². The molecule has 0 heterocycles. The quantitative estimate of drug-likeness (QED) is 0.267. The van der Waals surface area contributed by atoms with Crippen molar-refractivity contribution in [3.63, 3.8) is 0 Å². The van der Waals surface area contributed by atoms with E-state index in [9.17, 15) is 33.7 Å². The van der Waals surface area contributed by atoms with Gasteiger partial charge in [-0.05, 0) is 17.2 Å². The van der Waals surface area contributed by atoms with E-state index in [4.69, 9.17) is 9.47 Å². The molecule has 0 aliphatic rings. The molecule has 0 radical (unpaired) electrons. The van der Waals surface area contributed by atoms with Gasteiger partial charge in [0.2, 0.25) is 11.8 Å². The number of amides is 2. The van der Waals surface area contributed by atoms with Crippen LogP contribution in [0.3, 0.4) is 0 Å². The Labute approximate surface area is 206 Å². The fourth-order valence-electron chi connectivity index (χ4n) is 3.58. The molecule has 2 amide bonds. The zero-order valence-electron chi connectivity index (χ0n) is 19.9. The van der Waals surface area contributed by atoms with Gasteiger partial charge in [-0.15, -0.1) is 0 Å². The van der Waals surface area contributed by atoms with Gasteiger partial charge in [0.25, 0.3) is 5.69 Å². The maximum Gasteiger partial charge on any atom is 0.329 e. The molecule has 0 fully saturated rings. The Kier molecular flexibility index (Phi) is 10.0. The third-order valence-corrected chi connectivity index (χ3v) is 5.38. The van der Waals surface area contributed by atoms with E-state index < -0.39 is 52.5 Å². The van der Waals surface area contributed by atoms with Crippen molar-refractivity contribution in [1.29, 1.82) is 0 Å². The molecule has 0 aliphatic heterocycles. The third kappa shape index (κ3) is 7.58. The molecule has 2 rings (SSSR count). The molecule has 11 nitrogen and oxygen atoms in total. The van der Waals surface area contributed by atoms with Crippen molar-refractivity contribution in [2.45, 2.75) is 37.8 Å². The van der Waals surface area contributed by atoms with Crippen molar-refractivity contribution in [1.82, 2.24) is 10.6 Å². The van der Waals surface area contributed by atoms with E-state index in [0.29, 0.717) is 5.56 Å². The number of nitro benzene ring substituents is 1. The number of esters is 2. The standard InChI is InChI=1S/C24H26FN3O8/c1-14(29)26-20(12-16-6-4-5-7-19(16)25)23(31)27-22(24(32)36-3)18(13-21(30)35-2)15-8-10-17(11-9-15)28(33)34/h4-11,18,20,22H,12-13H2,1-3H3,(H,26,29)(H,27,31)/t18-,20-,22+/m0/s1. The molecule has 12 heteroatoms. The Morgan fingerprint density at radius 3 is 2.17 bits per heavy atom. The smallest absolute Gasteiger partial charge is 0.329 e. The molecule has 2 N–H and O–H groups in total. The average molecular weight is 503 g/mol. The van der Waals surface area contributed by atoms with E-state index in [1.54, 1.807) is 6.07 Å². The fraction of sp³-hybridized carbons (Fsp3) is 0.333. The van der Waals surface area contributed by atoms with Crippen LogP contribution in [0.15, 0.2) is 48.5 Å². The van der Waals surface area contributed by atoms with Crippen molar-refractivity contribution in [2.75, 3.05) is 14.2 Å². The average Bonchev–Trinajstić information content (AvgIpc) is 2.85. The third-order valence-electron chi connectivity index (χ3n) is 5.38. The lowest BCUT2D eigenvalue weighted by atomic mass is 9.87. The van der Waals surface area contributed by atoms with Gasteiger partial charge in [-0.1, -0.05) is 30.3 Å². The molecule has 0 saturated carbocycles. The summed E-state index contributed by atoms with van der Waals surface area (Å²) in [4.78, 5) is 60.2. The number of nitrogens with zero attached hydrogens (tertiary/aromatic N) is 1. The number of benzene rings is 2. The molecule has 2 aromatic carbocycles. The lowest BCUT2D eigenvalue weighted by Gasteiger charge is -2.28. The summed E-state index contributed by atoms with van der Waals surface area (Å²) in [5.74, 6) is -4.65. The van der Waals surface area contributed by atoms with Crippen LogP contribution in [0.4, 0.5) is 10.1 Å². The molecule has 2 aromatic rings. The lowest BCUT2D eigenvalue weighted by Crippen LogP contribution is -2.54. The van der Waals surface area contributed by atoms with E-state index in [0.717, 1.165) is 14.2 Å². The van der Waals surface area contributed by atoms with Crippen molar-refractivity contribution in [3.8, 4) is 0 Å². The monoisotopic (exact) mass is 503 g/mol. The molecule has 0 bridgehead atoms. The van der Waals surface area contributed by atoms with Gasteiger partial charge in [0, 0.05) is 31.4 Å². The molecular formula is C24H26FN3O8. The maximum absolute atomic E-state index is 14.2. The molecule has 0 aliphatic carbocycles. The van der Waals surface area contributed by atoms with Crippen LogP contribution in [0.2, 0.25) is 0 Å². The summed E-state index contributed by atoms with van der Waals surface area (Å²) in [5, 5.41) is 15.9. The second kappa shape index (κ2) is 12.9. The number of methoxy groups -OCH3 is 2. The van der Waals surface area contributed by atoms with Crippen LogP contribution < -0.4 is 10.6 Å². The maximum atomic E-state index is 14.2. The lowest BCUT2D eigenvalue weighted by molar-refractivity contribution is -0.384. The van der Waals surface area contributed by atoms with Crippen molar-refractivity contribution >= 4 is 29.4 Å². The molecule has 0 unspecified atom stereocenters. The number of nitro groups is 1. The number of hydrogen-bond donors (Lipinski definition) is 2. The topological polar surface area (TPSA) is 154 Å². The largest absolute Gasteiger partial charge is 0.469 e. The van der Waals surface area contributed by atoms with Gasteiger partial charge in [-0.3, -0.25) is 24.5 Å². The Balaban J connectivity index is 2.43. The summed E-state index contributed by atoms with van der Waals surface area (Å²) in [5.41, 5.74) is 0.249. The highest BCUT2D eigenvalue weighted by Gasteiger charge is 2.36. The second-order valence-corrected chi connectivity index (χ2v) is 7.79. The van der Waals surface area contributed by atoms with Gasteiger partial charge in [0.05, 0.1) is 25.6 Å². The first-order valence-electron chi connectivity index (χ1n) is 10.8. The van der Waals surface area contributed by atoms with Gasteiger partial charge in [-0.25, -0.2) is 9.18 Å². The minimum atomic E-state index is -1.44. The normalized spacial score (nSPS) is 13.0. The van der Waals surface area contributed by atoms with Crippen LogP contribution in [0.1, 0.15) is 30.4 Å². The predicted octanol–water partition coefficient (Wildman–Crippen LogP) is 1.79. The van der Waals surface area contributed by atoms with Gasteiger partial charge < -0.3 is 20.1 Å². The summed E-state index contributed by atoms with van der Waals surface area (Å²) in [6, 6.07) is 8.06. The highest BCUT2D eigenvalue weighted by Crippen LogP contribution is 2.27. The number of nitrogens with one attached hydrogen (secondary N) is 2. The van der Waals surface area contributed by atoms with E-state index in [-0.39, 0.29) is 24.1 Å². The first-order chi connectivity index (χ1) is 17.1. The van der Waals surface area contributed by atoms with Crippen molar-refractivity contribution < 1.29 is 38.0 Å². The molecule has 0 saturated heterocycles. The van der Waals surface area contributed by atoms with Crippen LogP contribution in [-0.2, 0) is 35.1 Å². The fourth-order valence-corrected chi connectivity index (χ4v) is 3.58. The summed E-state index contributed by atoms with van der Waals surface area (Å²) in [7, 11) is 2.22. The van der Waals surface area contributed by atoms with E-state index in [1.165, 1.54) is 49.4 Å². The Morgan fingerprint density at radius 2 is 1.64 bits per heavy atom. The summed E-state index contributed by atoms with van der Waals surface area (Å²) in [6.45, 7) is 1.18. The van der Waals surface area contributed by atoms with Gasteiger partial charge in [0.1, 0.15) is 17.9 Å². The molecule has 36 heavy (non-hydrogen) atoms. The Hall–Kier alpha value is -4.35. The number of hydrogen-bond acceptors (Lipinski definition) is 8. The molecule has 192 valence electrons. The minimum Gasteiger partial charge on any atom is -0.469 e. The zero-order chi connectivity index (χ0) is 26.8. The molecule has 3 atom stereocenters. The van der Waals surface area contributed by atoms with Crippen molar-refractivity contribution in [3.05, 3.63) is 75.6 Å². The number of carbonyl (C=O) groups is 4. The van der Waals surface area contributed by atoms with E-state index in [1.807, 2.05) is 0 Å². The number of carbonyl (C=O) groups excluding carboxylic acids is 4. The van der Waals surface area contributed by atoms with Crippen molar-refractivity contribution in [2.24, 2.45) is 0 Å². The highest BCUT2D eigenvalue weighted by molar-refractivity contribution is 5.91. The number of halogens is 1. The number of ether oxygens (including phenoxy) is 2. The molecule has 0 spiro atoms. The molecular weight excluding hydrogens is 477 g/mol. The number of rotatable bonds is 11. The van der Waals surface area contributed by atoms with Gasteiger partial charge >= 0.3 is 11.9 Å². The van der Waals surface area contributed by atoms with Gasteiger partial charge in [-0.2, -0.15) is 0 Å². The second-order valence-electron chi connectivity index (χ2n) is 7.79.